The lowest BCUT2D eigenvalue weighted by molar-refractivity contribution is 0.285. The monoisotopic (exact) mass is 196 g/mol. The zero-order valence-electron chi connectivity index (χ0n) is 9.32. The van der Waals surface area contributed by atoms with E-state index in [9.17, 15) is 0 Å². The Kier molecular flexibility index (Phi) is 3.95. The first kappa shape index (κ1) is 11.0. The van der Waals surface area contributed by atoms with Crippen LogP contribution >= 0.6 is 0 Å². The van der Waals surface area contributed by atoms with Crippen molar-refractivity contribution in [2.45, 2.75) is 27.3 Å². The molecule has 0 saturated carbocycles. The molecular formula is C10H20N4. The molecule has 4 nitrogen and oxygen atoms in total. The van der Waals surface area contributed by atoms with Gasteiger partial charge in [-0.3, -0.25) is 4.68 Å². The maximum Gasteiger partial charge on any atom is 0.0822 e. The van der Waals surface area contributed by atoms with E-state index in [1.807, 2.05) is 17.8 Å². The second-order valence-electron chi connectivity index (χ2n) is 3.46. The van der Waals surface area contributed by atoms with Crippen LogP contribution in [0.5, 0.6) is 0 Å². The highest BCUT2D eigenvalue weighted by molar-refractivity contribution is 5.39. The summed E-state index contributed by atoms with van der Waals surface area (Å²) in [6.45, 7) is 10.4. The van der Waals surface area contributed by atoms with E-state index in [4.69, 9.17) is 5.73 Å². The van der Waals surface area contributed by atoms with Crippen molar-refractivity contribution in [3.8, 4) is 0 Å². The molecule has 0 saturated heterocycles. The standard InChI is InChI=1S/C10H20N4/c1-4-13(5-2)6-7-14-8-10(11)9(3)12-14/h8H,4-7,11H2,1-3H3. The van der Waals surface area contributed by atoms with Crippen molar-refractivity contribution in [2.24, 2.45) is 0 Å². The lowest BCUT2D eigenvalue weighted by atomic mass is 10.4. The summed E-state index contributed by atoms with van der Waals surface area (Å²) >= 11 is 0. The van der Waals surface area contributed by atoms with E-state index in [1.165, 1.54) is 0 Å². The van der Waals surface area contributed by atoms with Gasteiger partial charge in [-0.1, -0.05) is 13.8 Å². The number of rotatable bonds is 5. The number of aryl methyl sites for hydroxylation is 1. The Balaban J connectivity index is 2.45. The fourth-order valence-corrected chi connectivity index (χ4v) is 1.43. The summed E-state index contributed by atoms with van der Waals surface area (Å²) in [4.78, 5) is 2.37. The van der Waals surface area contributed by atoms with Gasteiger partial charge in [0.2, 0.25) is 0 Å². The van der Waals surface area contributed by atoms with Crippen molar-refractivity contribution in [1.29, 1.82) is 0 Å². The predicted molar refractivity (Wildman–Crippen MR) is 59.2 cm³/mol. The highest BCUT2D eigenvalue weighted by Crippen LogP contribution is 2.06. The average molecular weight is 196 g/mol. The van der Waals surface area contributed by atoms with Crippen LogP contribution in [0.2, 0.25) is 0 Å². The molecule has 1 heterocycles. The van der Waals surface area contributed by atoms with Crippen molar-refractivity contribution in [3.63, 3.8) is 0 Å². The molecule has 1 aromatic heterocycles. The highest BCUT2D eigenvalue weighted by Gasteiger charge is 2.02. The lowest BCUT2D eigenvalue weighted by Gasteiger charge is -2.17. The van der Waals surface area contributed by atoms with Gasteiger partial charge in [-0.25, -0.2) is 0 Å². The second-order valence-corrected chi connectivity index (χ2v) is 3.46. The molecule has 1 rings (SSSR count). The maximum absolute atomic E-state index is 5.72. The minimum absolute atomic E-state index is 0.782. The third kappa shape index (κ3) is 2.73. The Morgan fingerprint density at radius 1 is 1.43 bits per heavy atom. The van der Waals surface area contributed by atoms with Crippen LogP contribution in [-0.2, 0) is 6.54 Å². The average Bonchev–Trinajstić information content (AvgIpc) is 2.48. The molecule has 80 valence electrons. The molecule has 0 aliphatic heterocycles. The third-order valence-corrected chi connectivity index (χ3v) is 2.52. The molecule has 0 spiro atoms. The van der Waals surface area contributed by atoms with E-state index in [1.54, 1.807) is 0 Å². The fraction of sp³-hybridized carbons (Fsp3) is 0.700. The van der Waals surface area contributed by atoms with Crippen LogP contribution < -0.4 is 5.73 Å². The normalized spacial score (nSPS) is 11.1. The van der Waals surface area contributed by atoms with Gasteiger partial charge >= 0.3 is 0 Å². The molecule has 0 radical (unpaired) electrons. The molecule has 0 aromatic carbocycles. The van der Waals surface area contributed by atoms with Crippen LogP contribution in [0.3, 0.4) is 0 Å². The zero-order valence-corrected chi connectivity index (χ0v) is 9.32. The third-order valence-electron chi connectivity index (χ3n) is 2.52. The number of hydrogen-bond donors (Lipinski definition) is 1. The summed E-state index contributed by atoms with van der Waals surface area (Å²) in [7, 11) is 0. The van der Waals surface area contributed by atoms with Crippen LogP contribution in [0, 0.1) is 6.92 Å². The van der Waals surface area contributed by atoms with Crippen LogP contribution in [0.4, 0.5) is 5.69 Å². The lowest BCUT2D eigenvalue weighted by Crippen LogP contribution is -2.27. The van der Waals surface area contributed by atoms with E-state index in [-0.39, 0.29) is 0 Å². The first-order valence-corrected chi connectivity index (χ1v) is 5.19. The van der Waals surface area contributed by atoms with Crippen molar-refractivity contribution in [1.82, 2.24) is 14.7 Å². The number of anilines is 1. The zero-order chi connectivity index (χ0) is 10.6. The molecule has 14 heavy (non-hydrogen) atoms. The summed E-state index contributed by atoms with van der Waals surface area (Å²) in [6, 6.07) is 0. The summed E-state index contributed by atoms with van der Waals surface area (Å²) < 4.78 is 1.92. The molecule has 2 N–H and O–H groups in total. The van der Waals surface area contributed by atoms with Crippen LogP contribution in [0.15, 0.2) is 6.20 Å². The van der Waals surface area contributed by atoms with E-state index in [0.29, 0.717) is 0 Å². The van der Waals surface area contributed by atoms with Gasteiger partial charge in [0.1, 0.15) is 0 Å². The van der Waals surface area contributed by atoms with Gasteiger partial charge in [0.15, 0.2) is 0 Å². The van der Waals surface area contributed by atoms with Crippen molar-refractivity contribution >= 4 is 5.69 Å². The molecule has 4 heteroatoms. The Morgan fingerprint density at radius 2 is 2.07 bits per heavy atom. The molecule has 0 atom stereocenters. The summed E-state index contributed by atoms with van der Waals surface area (Å²) in [6.07, 6.45) is 1.90. The Hall–Kier alpha value is -1.03. The van der Waals surface area contributed by atoms with Gasteiger partial charge in [-0.2, -0.15) is 5.10 Å². The largest absolute Gasteiger partial charge is 0.396 e. The quantitative estimate of drug-likeness (QED) is 0.767. The summed E-state index contributed by atoms with van der Waals surface area (Å²) in [5.74, 6) is 0. The SMILES string of the molecule is CCN(CC)CCn1cc(N)c(C)n1. The number of nitrogens with zero attached hydrogens (tertiary/aromatic N) is 3. The molecule has 0 bridgehead atoms. The molecule has 0 amide bonds. The van der Waals surface area contributed by atoms with E-state index in [2.05, 4.69) is 23.8 Å². The summed E-state index contributed by atoms with van der Waals surface area (Å²) in [5, 5.41) is 4.32. The van der Waals surface area contributed by atoms with E-state index in [0.717, 1.165) is 37.6 Å². The van der Waals surface area contributed by atoms with Crippen LogP contribution in [0.1, 0.15) is 19.5 Å². The number of likely N-dealkylation sites (N-methyl/N-ethyl adjacent to an activating group) is 1. The maximum atomic E-state index is 5.72. The number of aromatic nitrogens is 2. The minimum Gasteiger partial charge on any atom is -0.396 e. The summed E-state index contributed by atoms with van der Waals surface area (Å²) in [5.41, 5.74) is 7.42. The molecule has 1 aromatic rings. The topological polar surface area (TPSA) is 47.1 Å². The molecule has 0 aliphatic carbocycles. The molecule has 0 fully saturated rings. The fourth-order valence-electron chi connectivity index (χ4n) is 1.43. The van der Waals surface area contributed by atoms with E-state index < -0.39 is 0 Å². The van der Waals surface area contributed by atoms with Crippen molar-refractivity contribution < 1.29 is 0 Å². The van der Waals surface area contributed by atoms with Gasteiger partial charge in [0, 0.05) is 12.7 Å². The molecular weight excluding hydrogens is 176 g/mol. The Bertz CT molecular complexity index is 256. The molecule has 0 unspecified atom stereocenters. The molecule has 0 aliphatic rings. The second kappa shape index (κ2) is 5.00. The van der Waals surface area contributed by atoms with Crippen LogP contribution in [0.25, 0.3) is 0 Å². The number of nitrogen functional groups attached to an aromatic ring is 1. The number of hydrogen-bond acceptors (Lipinski definition) is 3. The number of nitrogens with two attached hydrogens (primary N) is 1. The van der Waals surface area contributed by atoms with Gasteiger partial charge in [0.25, 0.3) is 0 Å². The van der Waals surface area contributed by atoms with Gasteiger partial charge in [0.05, 0.1) is 17.9 Å². The first-order valence-electron chi connectivity index (χ1n) is 5.19. The predicted octanol–water partition coefficient (Wildman–Crippen LogP) is 1.12. The highest BCUT2D eigenvalue weighted by atomic mass is 15.3. The smallest absolute Gasteiger partial charge is 0.0822 e. The van der Waals surface area contributed by atoms with Crippen molar-refractivity contribution in [2.75, 3.05) is 25.4 Å². The Morgan fingerprint density at radius 3 is 2.50 bits per heavy atom. The van der Waals surface area contributed by atoms with Gasteiger partial charge < -0.3 is 10.6 Å². The first-order chi connectivity index (χ1) is 6.67. The van der Waals surface area contributed by atoms with E-state index >= 15 is 0 Å². The van der Waals surface area contributed by atoms with Crippen molar-refractivity contribution in [3.05, 3.63) is 11.9 Å². The van der Waals surface area contributed by atoms with Crippen LogP contribution in [-0.4, -0.2) is 34.3 Å². The Labute approximate surface area is 85.7 Å². The van der Waals surface area contributed by atoms with Gasteiger partial charge in [-0.05, 0) is 20.0 Å². The minimum atomic E-state index is 0.782. The van der Waals surface area contributed by atoms with Gasteiger partial charge in [-0.15, -0.1) is 0 Å².